The molecule has 1 aromatic heterocycles. The number of nitrogens with one attached hydrogen (secondary N) is 2. The lowest BCUT2D eigenvalue weighted by Crippen LogP contribution is -2.11. The number of nitrogen functional groups attached to an aromatic ring is 1. The molecule has 0 radical (unpaired) electrons. The molecule has 0 aliphatic carbocycles. The van der Waals surface area contributed by atoms with Gasteiger partial charge in [-0.05, 0) is 6.07 Å². The topological polar surface area (TPSA) is 78.6 Å². The van der Waals surface area contributed by atoms with Gasteiger partial charge in [0.1, 0.15) is 11.5 Å². The first kappa shape index (κ1) is 6.84. The molecule has 0 bridgehead atoms. The van der Waals surface area contributed by atoms with E-state index in [-0.39, 0.29) is 5.84 Å². The maximum atomic E-state index is 7.23. The Morgan fingerprint density at radius 2 is 2.17 bits per heavy atom. The largest absolute Gasteiger partial charge is 0.382 e. The van der Waals surface area contributed by atoms with Gasteiger partial charge in [-0.3, -0.25) is 10.5 Å². The number of benzene rings is 1. The fourth-order valence-corrected chi connectivity index (χ4v) is 1.17. The number of amidine groups is 1. The summed E-state index contributed by atoms with van der Waals surface area (Å²) in [5.41, 5.74) is 6.75. The van der Waals surface area contributed by atoms with Crippen LogP contribution in [-0.4, -0.2) is 16.0 Å². The van der Waals surface area contributed by atoms with Gasteiger partial charge < -0.3 is 5.73 Å². The van der Waals surface area contributed by atoms with Gasteiger partial charge in [-0.15, -0.1) is 0 Å². The second-order valence-corrected chi connectivity index (χ2v) is 2.53. The molecule has 2 aromatic rings. The Labute approximate surface area is 68.9 Å². The number of nitrogens with two attached hydrogens (primary N) is 1. The highest BCUT2D eigenvalue weighted by molar-refractivity contribution is 6.05. The SMILES string of the molecule is N=C(N)c1n[nH]c2ccccc12. The molecule has 0 spiro atoms. The smallest absolute Gasteiger partial charge is 0.144 e. The number of rotatable bonds is 1. The number of aromatic nitrogens is 2. The maximum absolute atomic E-state index is 7.23. The molecule has 1 heterocycles. The van der Waals surface area contributed by atoms with Crippen LogP contribution in [0.2, 0.25) is 0 Å². The number of fused-ring (bicyclic) bond motifs is 1. The quantitative estimate of drug-likeness (QED) is 0.427. The van der Waals surface area contributed by atoms with Crippen molar-refractivity contribution in [3.05, 3.63) is 30.0 Å². The predicted octanol–water partition coefficient (Wildman–Crippen LogP) is 0.847. The Kier molecular flexibility index (Phi) is 1.33. The number of H-pyrrole nitrogens is 1. The first-order valence-electron chi connectivity index (χ1n) is 3.56. The third kappa shape index (κ3) is 0.852. The lowest BCUT2D eigenvalue weighted by atomic mass is 10.2. The van der Waals surface area contributed by atoms with E-state index in [1.54, 1.807) is 0 Å². The van der Waals surface area contributed by atoms with E-state index in [1.165, 1.54) is 0 Å². The summed E-state index contributed by atoms with van der Waals surface area (Å²) in [7, 11) is 0. The van der Waals surface area contributed by atoms with Gasteiger partial charge in [0.05, 0.1) is 5.52 Å². The van der Waals surface area contributed by atoms with Crippen molar-refractivity contribution in [2.45, 2.75) is 0 Å². The van der Waals surface area contributed by atoms with Crippen LogP contribution in [0, 0.1) is 5.41 Å². The van der Waals surface area contributed by atoms with Gasteiger partial charge in [-0.25, -0.2) is 0 Å². The maximum Gasteiger partial charge on any atom is 0.144 e. The van der Waals surface area contributed by atoms with Crippen LogP contribution in [0.15, 0.2) is 24.3 Å². The second-order valence-electron chi connectivity index (χ2n) is 2.53. The first-order valence-corrected chi connectivity index (χ1v) is 3.56. The average Bonchev–Trinajstić information content (AvgIpc) is 2.47. The Balaban J connectivity index is 2.79. The molecule has 0 unspecified atom stereocenters. The number of para-hydroxylation sites is 1. The summed E-state index contributed by atoms with van der Waals surface area (Å²) in [6.07, 6.45) is 0. The van der Waals surface area contributed by atoms with E-state index in [1.807, 2.05) is 24.3 Å². The molecule has 12 heavy (non-hydrogen) atoms. The van der Waals surface area contributed by atoms with Gasteiger partial charge >= 0.3 is 0 Å². The summed E-state index contributed by atoms with van der Waals surface area (Å²) in [5, 5.41) is 14.8. The molecule has 0 aliphatic rings. The number of hydrogen-bond acceptors (Lipinski definition) is 2. The van der Waals surface area contributed by atoms with E-state index < -0.39 is 0 Å². The predicted molar refractivity (Wildman–Crippen MR) is 47.1 cm³/mol. The molecule has 1 aromatic carbocycles. The average molecular weight is 160 g/mol. The molecule has 0 atom stereocenters. The third-order valence-corrected chi connectivity index (χ3v) is 1.73. The van der Waals surface area contributed by atoms with Crippen LogP contribution in [0.25, 0.3) is 10.9 Å². The van der Waals surface area contributed by atoms with Crippen molar-refractivity contribution in [2.24, 2.45) is 5.73 Å². The first-order chi connectivity index (χ1) is 5.79. The molecular weight excluding hydrogens is 152 g/mol. The van der Waals surface area contributed by atoms with Crippen molar-refractivity contribution in [1.29, 1.82) is 5.41 Å². The van der Waals surface area contributed by atoms with Crippen molar-refractivity contribution in [2.75, 3.05) is 0 Å². The highest BCUT2D eigenvalue weighted by Crippen LogP contribution is 2.13. The summed E-state index contributed by atoms with van der Waals surface area (Å²) in [6.45, 7) is 0. The zero-order valence-electron chi connectivity index (χ0n) is 6.33. The molecule has 2 rings (SSSR count). The summed E-state index contributed by atoms with van der Waals surface area (Å²) in [5.74, 6) is -0.00699. The van der Waals surface area contributed by atoms with Crippen molar-refractivity contribution in [3.8, 4) is 0 Å². The van der Waals surface area contributed by atoms with Crippen molar-refractivity contribution in [3.63, 3.8) is 0 Å². The zero-order valence-corrected chi connectivity index (χ0v) is 6.33. The van der Waals surface area contributed by atoms with Crippen LogP contribution in [-0.2, 0) is 0 Å². The zero-order chi connectivity index (χ0) is 8.55. The molecule has 0 saturated carbocycles. The molecule has 4 heteroatoms. The summed E-state index contributed by atoms with van der Waals surface area (Å²) < 4.78 is 0. The minimum atomic E-state index is -0.00699. The number of hydrogen-bond donors (Lipinski definition) is 3. The van der Waals surface area contributed by atoms with Gasteiger partial charge in [0, 0.05) is 5.39 Å². The van der Waals surface area contributed by atoms with E-state index in [0.717, 1.165) is 10.9 Å². The highest BCUT2D eigenvalue weighted by Gasteiger charge is 2.05. The molecule has 4 nitrogen and oxygen atoms in total. The normalized spacial score (nSPS) is 10.3. The minimum Gasteiger partial charge on any atom is -0.382 e. The highest BCUT2D eigenvalue weighted by atomic mass is 15.1. The Hall–Kier alpha value is -1.84. The Morgan fingerprint density at radius 3 is 2.92 bits per heavy atom. The summed E-state index contributed by atoms with van der Waals surface area (Å²) in [4.78, 5) is 0. The lowest BCUT2D eigenvalue weighted by molar-refractivity contribution is 1.10. The third-order valence-electron chi connectivity index (χ3n) is 1.73. The Morgan fingerprint density at radius 1 is 1.42 bits per heavy atom. The van der Waals surface area contributed by atoms with Gasteiger partial charge in [0.25, 0.3) is 0 Å². The Bertz CT molecular complexity index is 429. The van der Waals surface area contributed by atoms with E-state index in [9.17, 15) is 0 Å². The standard InChI is InChI=1S/C8H8N4/c9-8(10)7-5-3-1-2-4-6(5)11-12-7/h1-4H,(H3,9,10)(H,11,12). The fraction of sp³-hybridized carbons (Fsp3) is 0. The fourth-order valence-electron chi connectivity index (χ4n) is 1.17. The van der Waals surface area contributed by atoms with Crippen LogP contribution in [0.4, 0.5) is 0 Å². The van der Waals surface area contributed by atoms with Crippen LogP contribution in [0.1, 0.15) is 5.69 Å². The van der Waals surface area contributed by atoms with Crippen LogP contribution < -0.4 is 5.73 Å². The minimum absolute atomic E-state index is 0.00699. The lowest BCUT2D eigenvalue weighted by Gasteiger charge is -1.90. The van der Waals surface area contributed by atoms with Crippen molar-refractivity contribution < 1.29 is 0 Å². The second kappa shape index (κ2) is 2.34. The van der Waals surface area contributed by atoms with E-state index in [4.69, 9.17) is 11.1 Å². The summed E-state index contributed by atoms with van der Waals surface area (Å²) in [6, 6.07) is 7.58. The van der Waals surface area contributed by atoms with Crippen LogP contribution >= 0.6 is 0 Å². The van der Waals surface area contributed by atoms with Crippen molar-refractivity contribution in [1.82, 2.24) is 10.2 Å². The number of aromatic amines is 1. The van der Waals surface area contributed by atoms with E-state index in [2.05, 4.69) is 10.2 Å². The van der Waals surface area contributed by atoms with Crippen LogP contribution in [0.5, 0.6) is 0 Å². The van der Waals surface area contributed by atoms with Gasteiger partial charge in [0.15, 0.2) is 0 Å². The van der Waals surface area contributed by atoms with Gasteiger partial charge in [-0.1, -0.05) is 18.2 Å². The number of nitrogens with zero attached hydrogens (tertiary/aromatic N) is 1. The van der Waals surface area contributed by atoms with Gasteiger partial charge in [0.2, 0.25) is 0 Å². The molecule has 0 fully saturated rings. The van der Waals surface area contributed by atoms with Gasteiger partial charge in [-0.2, -0.15) is 5.10 Å². The van der Waals surface area contributed by atoms with Crippen molar-refractivity contribution >= 4 is 16.7 Å². The molecule has 0 aliphatic heterocycles. The molecule has 0 saturated heterocycles. The van der Waals surface area contributed by atoms with Crippen LogP contribution in [0.3, 0.4) is 0 Å². The van der Waals surface area contributed by atoms with E-state index in [0.29, 0.717) is 5.69 Å². The molecular formula is C8H8N4. The molecule has 60 valence electrons. The monoisotopic (exact) mass is 160 g/mol. The van der Waals surface area contributed by atoms with E-state index >= 15 is 0 Å². The summed E-state index contributed by atoms with van der Waals surface area (Å²) >= 11 is 0. The molecule has 4 N–H and O–H groups in total. The molecule has 0 amide bonds.